The molecule has 90 valence electrons. The summed E-state index contributed by atoms with van der Waals surface area (Å²) in [5, 5.41) is 3.73. The molecule has 0 bridgehead atoms. The Hall–Kier alpha value is -1.02. The number of aryl methyl sites for hydroxylation is 1. The zero-order valence-corrected chi connectivity index (χ0v) is 10.4. The Morgan fingerprint density at radius 2 is 2.24 bits per heavy atom. The van der Waals surface area contributed by atoms with E-state index in [4.69, 9.17) is 0 Å². The van der Waals surface area contributed by atoms with Gasteiger partial charge in [-0.15, -0.1) is 0 Å². The van der Waals surface area contributed by atoms with Gasteiger partial charge in [0.05, 0.1) is 6.04 Å². The third kappa shape index (κ3) is 1.30. The molecule has 4 rings (SSSR count). The average Bonchev–Trinajstić information content (AvgIpc) is 2.67. The first-order valence-electron chi connectivity index (χ1n) is 6.95. The van der Waals surface area contributed by atoms with E-state index in [0.29, 0.717) is 0 Å². The Morgan fingerprint density at radius 3 is 3.18 bits per heavy atom. The van der Waals surface area contributed by atoms with E-state index in [1.807, 2.05) is 0 Å². The molecule has 0 radical (unpaired) electrons. The normalized spacial score (nSPS) is 34.4. The molecule has 0 unspecified atom stereocenters. The standard InChI is InChI=1S/C15H20N2/c1-10-5-6-14-12(9-10)11-3-2-4-13-15(11)17(14)8-7-16-13/h5-6,9,11,13,15-16H,2-4,7-8H2,1H3/t11-,13-,15+/m1/s1. The number of hydrogen-bond acceptors (Lipinski definition) is 2. The molecule has 2 nitrogen and oxygen atoms in total. The van der Waals surface area contributed by atoms with E-state index in [1.54, 1.807) is 5.56 Å². The Labute approximate surface area is 103 Å². The van der Waals surface area contributed by atoms with Crippen LogP contribution in [-0.4, -0.2) is 25.2 Å². The highest BCUT2D eigenvalue weighted by molar-refractivity contribution is 5.64. The van der Waals surface area contributed by atoms with Gasteiger partial charge < -0.3 is 10.2 Å². The predicted molar refractivity (Wildman–Crippen MR) is 70.7 cm³/mol. The second-order valence-corrected chi connectivity index (χ2v) is 5.84. The predicted octanol–water partition coefficient (Wildman–Crippen LogP) is 2.42. The van der Waals surface area contributed by atoms with Gasteiger partial charge in [-0.25, -0.2) is 0 Å². The number of nitrogens with zero attached hydrogens (tertiary/aromatic N) is 1. The van der Waals surface area contributed by atoms with Gasteiger partial charge in [-0.05, 0) is 31.4 Å². The van der Waals surface area contributed by atoms with Gasteiger partial charge in [0.25, 0.3) is 0 Å². The first-order valence-corrected chi connectivity index (χ1v) is 6.95. The number of fused-ring (bicyclic) bond motifs is 3. The topological polar surface area (TPSA) is 15.3 Å². The summed E-state index contributed by atoms with van der Waals surface area (Å²) in [5.41, 5.74) is 4.57. The number of anilines is 1. The van der Waals surface area contributed by atoms with Crippen LogP contribution in [-0.2, 0) is 0 Å². The van der Waals surface area contributed by atoms with Crippen molar-refractivity contribution in [2.45, 2.75) is 44.2 Å². The Balaban J connectivity index is 1.85. The van der Waals surface area contributed by atoms with E-state index in [-0.39, 0.29) is 0 Å². The summed E-state index contributed by atoms with van der Waals surface area (Å²) in [5.74, 6) is 0.788. The van der Waals surface area contributed by atoms with E-state index >= 15 is 0 Å². The van der Waals surface area contributed by atoms with Crippen molar-refractivity contribution in [3.8, 4) is 0 Å². The monoisotopic (exact) mass is 228 g/mol. The maximum atomic E-state index is 3.73. The molecule has 3 atom stereocenters. The highest BCUT2D eigenvalue weighted by Gasteiger charge is 2.46. The molecule has 1 saturated carbocycles. The number of piperazine rings is 1. The maximum Gasteiger partial charge on any atom is 0.0513 e. The summed E-state index contributed by atoms with van der Waals surface area (Å²) in [6.07, 6.45) is 4.14. The fraction of sp³-hybridized carbons (Fsp3) is 0.600. The molecule has 0 amide bonds. The lowest BCUT2D eigenvalue weighted by Gasteiger charge is -2.44. The molecule has 1 saturated heterocycles. The second kappa shape index (κ2) is 3.49. The molecule has 2 aliphatic heterocycles. The van der Waals surface area contributed by atoms with Gasteiger partial charge in [-0.3, -0.25) is 0 Å². The van der Waals surface area contributed by atoms with Crippen molar-refractivity contribution < 1.29 is 0 Å². The van der Waals surface area contributed by atoms with Crippen LogP contribution in [0.2, 0.25) is 0 Å². The van der Waals surface area contributed by atoms with Gasteiger partial charge in [0.15, 0.2) is 0 Å². The highest BCUT2D eigenvalue weighted by Crippen LogP contribution is 2.48. The van der Waals surface area contributed by atoms with Crippen LogP contribution >= 0.6 is 0 Å². The summed E-state index contributed by atoms with van der Waals surface area (Å²) < 4.78 is 0. The summed E-state index contributed by atoms with van der Waals surface area (Å²) in [6.45, 7) is 4.56. The van der Waals surface area contributed by atoms with E-state index in [0.717, 1.165) is 24.5 Å². The SMILES string of the molecule is Cc1ccc2c(c1)[C@H]1CCC[C@H]3NCCN2[C@@H]13. The lowest BCUT2D eigenvalue weighted by molar-refractivity contribution is 0.270. The molecular weight excluding hydrogens is 208 g/mol. The summed E-state index contributed by atoms with van der Waals surface area (Å²) in [6, 6.07) is 8.53. The fourth-order valence-electron chi connectivity index (χ4n) is 4.21. The Morgan fingerprint density at radius 1 is 1.29 bits per heavy atom. The van der Waals surface area contributed by atoms with Gasteiger partial charge in [0.1, 0.15) is 0 Å². The van der Waals surface area contributed by atoms with Crippen LogP contribution in [0, 0.1) is 6.92 Å². The zero-order valence-electron chi connectivity index (χ0n) is 10.4. The molecule has 1 N–H and O–H groups in total. The quantitative estimate of drug-likeness (QED) is 0.733. The minimum absolute atomic E-state index is 0.732. The van der Waals surface area contributed by atoms with Gasteiger partial charge in [0, 0.05) is 30.7 Å². The number of hydrogen-bond donors (Lipinski definition) is 1. The summed E-state index contributed by atoms with van der Waals surface area (Å²) >= 11 is 0. The average molecular weight is 228 g/mol. The fourth-order valence-corrected chi connectivity index (χ4v) is 4.21. The van der Waals surface area contributed by atoms with Gasteiger partial charge in [0.2, 0.25) is 0 Å². The minimum atomic E-state index is 0.732. The Kier molecular flexibility index (Phi) is 2.04. The van der Waals surface area contributed by atoms with E-state index in [2.05, 4.69) is 35.3 Å². The first-order chi connectivity index (χ1) is 8.34. The minimum Gasteiger partial charge on any atom is -0.365 e. The van der Waals surface area contributed by atoms with Crippen molar-refractivity contribution in [3.63, 3.8) is 0 Å². The third-order valence-corrected chi connectivity index (χ3v) is 4.87. The van der Waals surface area contributed by atoms with Crippen LogP contribution in [0.15, 0.2) is 18.2 Å². The summed E-state index contributed by atoms with van der Waals surface area (Å²) in [4.78, 5) is 2.68. The van der Waals surface area contributed by atoms with E-state index in [1.165, 1.54) is 37.1 Å². The maximum absolute atomic E-state index is 3.73. The van der Waals surface area contributed by atoms with Crippen molar-refractivity contribution >= 4 is 5.69 Å². The molecule has 0 spiro atoms. The van der Waals surface area contributed by atoms with E-state index in [9.17, 15) is 0 Å². The van der Waals surface area contributed by atoms with Crippen LogP contribution in [0.1, 0.15) is 36.3 Å². The molecule has 1 aromatic carbocycles. The van der Waals surface area contributed by atoms with Crippen LogP contribution in [0.3, 0.4) is 0 Å². The van der Waals surface area contributed by atoms with E-state index < -0.39 is 0 Å². The number of rotatable bonds is 0. The van der Waals surface area contributed by atoms with Crippen molar-refractivity contribution in [1.29, 1.82) is 0 Å². The Bertz CT molecular complexity index is 452. The van der Waals surface area contributed by atoms with Crippen LogP contribution in [0.4, 0.5) is 5.69 Å². The highest BCUT2D eigenvalue weighted by atomic mass is 15.3. The lowest BCUT2D eigenvalue weighted by atomic mass is 9.78. The molecule has 1 aromatic rings. The first kappa shape index (κ1) is 9.95. The molecule has 17 heavy (non-hydrogen) atoms. The smallest absolute Gasteiger partial charge is 0.0513 e. The molecule has 1 aliphatic carbocycles. The molecule has 2 heteroatoms. The van der Waals surface area contributed by atoms with Crippen LogP contribution in [0.5, 0.6) is 0 Å². The van der Waals surface area contributed by atoms with Crippen molar-refractivity contribution in [3.05, 3.63) is 29.3 Å². The third-order valence-electron chi connectivity index (χ3n) is 4.87. The van der Waals surface area contributed by atoms with Crippen molar-refractivity contribution in [2.75, 3.05) is 18.0 Å². The number of nitrogens with one attached hydrogen (secondary N) is 1. The van der Waals surface area contributed by atoms with Gasteiger partial charge >= 0.3 is 0 Å². The lowest BCUT2D eigenvalue weighted by Crippen LogP contribution is -2.59. The van der Waals surface area contributed by atoms with Gasteiger partial charge in [-0.1, -0.05) is 24.1 Å². The van der Waals surface area contributed by atoms with Crippen LogP contribution in [0.25, 0.3) is 0 Å². The van der Waals surface area contributed by atoms with Crippen molar-refractivity contribution in [1.82, 2.24) is 5.32 Å². The van der Waals surface area contributed by atoms with Crippen LogP contribution < -0.4 is 10.2 Å². The molecule has 2 heterocycles. The number of benzene rings is 1. The zero-order chi connectivity index (χ0) is 11.4. The molecule has 0 aromatic heterocycles. The molecular formula is C15H20N2. The van der Waals surface area contributed by atoms with Gasteiger partial charge in [-0.2, -0.15) is 0 Å². The summed E-state index contributed by atoms with van der Waals surface area (Å²) in [7, 11) is 0. The second-order valence-electron chi connectivity index (χ2n) is 5.84. The molecule has 3 aliphatic rings. The molecule has 2 fully saturated rings. The van der Waals surface area contributed by atoms with Crippen molar-refractivity contribution in [2.24, 2.45) is 0 Å². The largest absolute Gasteiger partial charge is 0.365 e.